The van der Waals surface area contributed by atoms with Gasteiger partial charge in [-0.15, -0.1) is 0 Å². The van der Waals surface area contributed by atoms with E-state index in [2.05, 4.69) is 0 Å². The second-order valence-electron chi connectivity index (χ2n) is 3.61. The number of carbonyl (C=O) groups excluding carboxylic acids is 1. The lowest BCUT2D eigenvalue weighted by atomic mass is 10.2. The molecule has 0 N–H and O–H groups in total. The Balaban J connectivity index is 2.73. The van der Waals surface area contributed by atoms with Crippen LogP contribution in [-0.4, -0.2) is 31.2 Å². The number of benzene rings is 1. The predicted molar refractivity (Wildman–Crippen MR) is 65.7 cm³/mol. The van der Waals surface area contributed by atoms with Gasteiger partial charge in [0.2, 0.25) is 0 Å². The molecule has 0 fully saturated rings. The van der Waals surface area contributed by atoms with Crippen LogP contribution in [0.1, 0.15) is 5.56 Å². The highest BCUT2D eigenvalue weighted by atomic mass is 16.6. The zero-order chi connectivity index (χ0) is 15.1. The van der Waals surface area contributed by atoms with Gasteiger partial charge in [0.05, 0.1) is 19.1 Å². The summed E-state index contributed by atoms with van der Waals surface area (Å²) in [6.45, 7) is -0.203. The topological polar surface area (TPSA) is 112 Å². The predicted octanol–water partition coefficient (Wildman–Crippen LogP) is 0.916. The molecule has 0 aliphatic carbocycles. The van der Waals surface area contributed by atoms with Gasteiger partial charge in [0.25, 0.3) is 0 Å². The maximum atomic E-state index is 11.3. The van der Waals surface area contributed by atoms with Crippen molar-refractivity contribution in [2.24, 2.45) is 0 Å². The minimum Gasteiger partial charge on any atom is -0.493 e. The maximum Gasteiger partial charge on any atom is 0.397 e. The van der Waals surface area contributed by atoms with Gasteiger partial charge in [0, 0.05) is 0 Å². The summed E-state index contributed by atoms with van der Waals surface area (Å²) in [5, 5.41) is 18.9. The molecule has 1 rings (SSSR count). The molecule has 1 aromatic carbocycles. The third kappa shape index (κ3) is 3.58. The average molecular weight is 280 g/mol. The van der Waals surface area contributed by atoms with Crippen molar-refractivity contribution < 1.29 is 23.9 Å². The van der Waals surface area contributed by atoms with Crippen LogP contribution in [0.4, 0.5) is 0 Å². The lowest BCUT2D eigenvalue weighted by Crippen LogP contribution is -2.29. The van der Waals surface area contributed by atoms with Crippen molar-refractivity contribution in [1.82, 2.24) is 0 Å². The lowest BCUT2D eigenvalue weighted by molar-refractivity contribution is -0.495. The van der Waals surface area contributed by atoms with Crippen molar-refractivity contribution in [1.29, 1.82) is 5.26 Å². The summed E-state index contributed by atoms with van der Waals surface area (Å²) in [7, 11) is 2.93. The number of hydrogen-bond donors (Lipinski definition) is 0. The summed E-state index contributed by atoms with van der Waals surface area (Å²) in [4.78, 5) is 20.7. The summed E-state index contributed by atoms with van der Waals surface area (Å²) >= 11 is 0. The Kier molecular flexibility index (Phi) is 5.29. The number of carbonyl (C=O) groups is 1. The second-order valence-corrected chi connectivity index (χ2v) is 3.61. The first-order valence-electron chi connectivity index (χ1n) is 5.44. The highest BCUT2D eigenvalue weighted by Crippen LogP contribution is 2.27. The van der Waals surface area contributed by atoms with Crippen LogP contribution in [0.2, 0.25) is 0 Å². The molecule has 0 saturated heterocycles. The highest BCUT2D eigenvalue weighted by molar-refractivity contribution is 5.77. The van der Waals surface area contributed by atoms with Gasteiger partial charge in [-0.25, -0.2) is 4.79 Å². The van der Waals surface area contributed by atoms with E-state index in [9.17, 15) is 14.9 Å². The molecule has 0 bridgehead atoms. The van der Waals surface area contributed by atoms with E-state index in [0.717, 1.165) is 0 Å². The molecule has 0 radical (unpaired) electrons. The van der Waals surface area contributed by atoms with Crippen LogP contribution in [0.25, 0.3) is 0 Å². The third-order valence-corrected chi connectivity index (χ3v) is 2.39. The molecule has 0 amide bonds. The quantitative estimate of drug-likeness (QED) is 0.432. The highest BCUT2D eigenvalue weighted by Gasteiger charge is 2.31. The summed E-state index contributed by atoms with van der Waals surface area (Å²) in [6, 6.07) is 4.03. The Bertz CT molecular complexity index is 551. The van der Waals surface area contributed by atoms with Crippen LogP contribution < -0.4 is 9.47 Å². The van der Waals surface area contributed by atoms with E-state index in [1.165, 1.54) is 20.3 Å². The standard InChI is InChI=1S/C12H12N2O6/c1-18-10-4-3-8(5-11(10)19-2)7-20-12(15)9(6-13)14(16)17/h3-5,9H,7H2,1-2H3. The van der Waals surface area contributed by atoms with Gasteiger partial charge < -0.3 is 14.2 Å². The van der Waals surface area contributed by atoms with Gasteiger partial charge >= 0.3 is 12.0 Å². The monoisotopic (exact) mass is 280 g/mol. The Morgan fingerprint density at radius 2 is 2.05 bits per heavy atom. The van der Waals surface area contributed by atoms with Gasteiger partial charge in [-0.3, -0.25) is 10.1 Å². The fraction of sp³-hybridized carbons (Fsp3) is 0.333. The van der Waals surface area contributed by atoms with Crippen molar-refractivity contribution in [3.63, 3.8) is 0 Å². The van der Waals surface area contributed by atoms with E-state index in [4.69, 9.17) is 19.5 Å². The third-order valence-electron chi connectivity index (χ3n) is 2.39. The first-order chi connectivity index (χ1) is 9.53. The summed E-state index contributed by atoms with van der Waals surface area (Å²) < 4.78 is 14.8. The number of ether oxygens (including phenoxy) is 3. The number of methoxy groups -OCH3 is 2. The number of nitrogens with zero attached hydrogens (tertiary/aromatic N) is 2. The van der Waals surface area contributed by atoms with Crippen molar-refractivity contribution in [3.8, 4) is 17.6 Å². The molecule has 0 aromatic heterocycles. The molecule has 20 heavy (non-hydrogen) atoms. The van der Waals surface area contributed by atoms with Crippen LogP contribution in [0, 0.1) is 21.4 Å². The van der Waals surface area contributed by atoms with Crippen LogP contribution in [0.3, 0.4) is 0 Å². The molecule has 0 aliphatic rings. The normalized spacial score (nSPS) is 11.1. The average Bonchev–Trinajstić information content (AvgIpc) is 2.45. The van der Waals surface area contributed by atoms with Crippen molar-refractivity contribution in [2.75, 3.05) is 14.2 Å². The van der Waals surface area contributed by atoms with Crippen molar-refractivity contribution >= 4 is 5.97 Å². The number of hydrogen-bond acceptors (Lipinski definition) is 7. The van der Waals surface area contributed by atoms with E-state index in [1.807, 2.05) is 0 Å². The SMILES string of the molecule is COc1ccc(COC(=O)C(C#N)[N+](=O)[O-])cc1OC. The largest absolute Gasteiger partial charge is 0.493 e. The Morgan fingerprint density at radius 1 is 1.40 bits per heavy atom. The molecule has 0 saturated carbocycles. The second kappa shape index (κ2) is 6.94. The fourth-order valence-electron chi connectivity index (χ4n) is 1.39. The van der Waals surface area contributed by atoms with E-state index >= 15 is 0 Å². The molecule has 1 aromatic rings. The molecule has 0 aliphatic heterocycles. The van der Waals surface area contributed by atoms with Gasteiger partial charge in [-0.2, -0.15) is 5.26 Å². The molecule has 8 heteroatoms. The first kappa shape index (κ1) is 15.2. The minimum atomic E-state index is -2.02. The van der Waals surface area contributed by atoms with Crippen LogP contribution in [0.15, 0.2) is 18.2 Å². The van der Waals surface area contributed by atoms with E-state index in [1.54, 1.807) is 18.2 Å². The zero-order valence-electron chi connectivity index (χ0n) is 10.9. The molecule has 0 spiro atoms. The number of nitriles is 1. The number of esters is 1. The molecule has 1 atom stereocenters. The van der Waals surface area contributed by atoms with Crippen molar-refractivity contribution in [2.45, 2.75) is 12.6 Å². The minimum absolute atomic E-state index is 0.203. The molecule has 8 nitrogen and oxygen atoms in total. The Labute approximate surface area is 114 Å². The van der Waals surface area contributed by atoms with E-state index in [0.29, 0.717) is 17.1 Å². The van der Waals surface area contributed by atoms with Crippen molar-refractivity contribution in [3.05, 3.63) is 33.9 Å². The Morgan fingerprint density at radius 3 is 2.55 bits per heavy atom. The molecule has 106 valence electrons. The molecule has 0 heterocycles. The number of nitro groups is 1. The molecular weight excluding hydrogens is 268 g/mol. The molecular formula is C12H12N2O6. The van der Waals surface area contributed by atoms with Gasteiger partial charge in [-0.1, -0.05) is 6.07 Å². The van der Waals surface area contributed by atoms with Gasteiger partial charge in [0.15, 0.2) is 17.6 Å². The fourth-order valence-corrected chi connectivity index (χ4v) is 1.39. The van der Waals surface area contributed by atoms with E-state index in [-0.39, 0.29) is 6.61 Å². The number of rotatable bonds is 6. The van der Waals surface area contributed by atoms with E-state index < -0.39 is 16.9 Å². The van der Waals surface area contributed by atoms with Crippen LogP contribution in [-0.2, 0) is 16.1 Å². The first-order valence-corrected chi connectivity index (χ1v) is 5.44. The Hall–Kier alpha value is -2.82. The molecule has 1 unspecified atom stereocenters. The summed E-state index contributed by atoms with van der Waals surface area (Å²) in [5.74, 6) is -0.262. The van der Waals surface area contributed by atoms with Crippen LogP contribution in [0.5, 0.6) is 11.5 Å². The van der Waals surface area contributed by atoms with Crippen LogP contribution >= 0.6 is 0 Å². The smallest absolute Gasteiger partial charge is 0.397 e. The van der Waals surface area contributed by atoms with Gasteiger partial charge in [0.1, 0.15) is 6.61 Å². The maximum absolute atomic E-state index is 11.3. The zero-order valence-corrected chi connectivity index (χ0v) is 10.9. The summed E-state index contributed by atoms with van der Waals surface area (Å²) in [5.41, 5.74) is 0.552. The summed E-state index contributed by atoms with van der Waals surface area (Å²) in [6.07, 6.45) is 0. The lowest BCUT2D eigenvalue weighted by Gasteiger charge is -2.10. The van der Waals surface area contributed by atoms with Gasteiger partial charge in [-0.05, 0) is 17.7 Å².